The Labute approximate surface area is 88.2 Å². The second kappa shape index (κ2) is 5.13. The molecule has 84 valence electrons. The van der Waals surface area contributed by atoms with Gasteiger partial charge < -0.3 is 10.5 Å². The van der Waals surface area contributed by atoms with Crippen LogP contribution in [0, 0.1) is 5.41 Å². The van der Waals surface area contributed by atoms with Crippen LogP contribution in [0.3, 0.4) is 0 Å². The van der Waals surface area contributed by atoms with Crippen molar-refractivity contribution in [3.05, 3.63) is 0 Å². The lowest BCUT2D eigenvalue weighted by Crippen LogP contribution is -2.32. The quantitative estimate of drug-likeness (QED) is 0.758. The molecule has 2 N–H and O–H groups in total. The monoisotopic (exact) mass is 199 g/mol. The zero-order valence-electron chi connectivity index (χ0n) is 9.88. The molecule has 0 heterocycles. The molecule has 0 spiro atoms. The first-order valence-corrected chi connectivity index (χ1v) is 5.84. The minimum Gasteiger partial charge on any atom is -0.378 e. The standard InChI is InChI=1S/C12H25NO/c1-12(2,3)7-8-14-11-6-4-5-10(13)9-11/h10-11H,4-9,13H2,1-3H3. The van der Waals surface area contributed by atoms with E-state index < -0.39 is 0 Å². The number of ether oxygens (including phenoxy) is 1. The Morgan fingerprint density at radius 2 is 2.00 bits per heavy atom. The van der Waals surface area contributed by atoms with Crippen molar-refractivity contribution in [3.8, 4) is 0 Å². The summed E-state index contributed by atoms with van der Waals surface area (Å²) in [7, 11) is 0. The van der Waals surface area contributed by atoms with Crippen LogP contribution < -0.4 is 5.73 Å². The molecule has 0 aromatic carbocycles. The Morgan fingerprint density at radius 3 is 2.57 bits per heavy atom. The summed E-state index contributed by atoms with van der Waals surface area (Å²) in [6.07, 6.45) is 6.25. The molecule has 0 amide bonds. The predicted molar refractivity (Wildman–Crippen MR) is 60.3 cm³/mol. The molecule has 2 atom stereocenters. The Balaban J connectivity index is 2.12. The van der Waals surface area contributed by atoms with E-state index in [-0.39, 0.29) is 0 Å². The first-order chi connectivity index (χ1) is 6.47. The van der Waals surface area contributed by atoms with E-state index >= 15 is 0 Å². The van der Waals surface area contributed by atoms with E-state index in [2.05, 4.69) is 20.8 Å². The third-order valence-electron chi connectivity index (χ3n) is 2.87. The molecule has 0 aliphatic heterocycles. The molecule has 0 saturated heterocycles. The van der Waals surface area contributed by atoms with Crippen LogP contribution in [-0.4, -0.2) is 18.8 Å². The first kappa shape index (κ1) is 12.0. The largest absolute Gasteiger partial charge is 0.378 e. The molecule has 2 nitrogen and oxygen atoms in total. The van der Waals surface area contributed by atoms with E-state index in [4.69, 9.17) is 10.5 Å². The van der Waals surface area contributed by atoms with Crippen LogP contribution in [0.25, 0.3) is 0 Å². The Morgan fingerprint density at radius 1 is 1.29 bits per heavy atom. The summed E-state index contributed by atoms with van der Waals surface area (Å²) < 4.78 is 5.85. The zero-order chi connectivity index (χ0) is 10.6. The van der Waals surface area contributed by atoms with Gasteiger partial charge in [0.2, 0.25) is 0 Å². The van der Waals surface area contributed by atoms with Crippen LogP contribution in [0.2, 0.25) is 0 Å². The fraction of sp³-hybridized carbons (Fsp3) is 1.00. The van der Waals surface area contributed by atoms with Gasteiger partial charge in [-0.05, 0) is 37.5 Å². The van der Waals surface area contributed by atoms with E-state index in [0.717, 1.165) is 19.4 Å². The lowest BCUT2D eigenvalue weighted by Gasteiger charge is -2.28. The molecule has 0 radical (unpaired) electrons. The Bertz CT molecular complexity index is 162. The molecule has 2 unspecified atom stereocenters. The summed E-state index contributed by atoms with van der Waals surface area (Å²) in [4.78, 5) is 0. The number of rotatable bonds is 3. The highest BCUT2D eigenvalue weighted by atomic mass is 16.5. The summed E-state index contributed by atoms with van der Waals surface area (Å²) in [6.45, 7) is 7.65. The van der Waals surface area contributed by atoms with Crippen molar-refractivity contribution in [2.75, 3.05) is 6.61 Å². The summed E-state index contributed by atoms with van der Waals surface area (Å²) in [5.41, 5.74) is 6.29. The van der Waals surface area contributed by atoms with Gasteiger partial charge in [0.15, 0.2) is 0 Å². The second-order valence-electron chi connectivity index (χ2n) is 5.73. The van der Waals surface area contributed by atoms with E-state index in [9.17, 15) is 0 Å². The minimum atomic E-state index is 0.378. The summed E-state index contributed by atoms with van der Waals surface area (Å²) in [5.74, 6) is 0. The van der Waals surface area contributed by atoms with Crippen LogP contribution in [0.5, 0.6) is 0 Å². The van der Waals surface area contributed by atoms with E-state index in [1.807, 2.05) is 0 Å². The molecule has 1 saturated carbocycles. The molecule has 1 fully saturated rings. The number of hydrogen-bond acceptors (Lipinski definition) is 2. The average molecular weight is 199 g/mol. The van der Waals surface area contributed by atoms with Gasteiger partial charge in [0, 0.05) is 12.6 Å². The smallest absolute Gasteiger partial charge is 0.0589 e. The summed E-state index contributed by atoms with van der Waals surface area (Å²) in [6, 6.07) is 0.378. The summed E-state index contributed by atoms with van der Waals surface area (Å²) >= 11 is 0. The third-order valence-corrected chi connectivity index (χ3v) is 2.87. The normalized spacial score (nSPS) is 29.1. The number of hydrogen-bond donors (Lipinski definition) is 1. The Kier molecular flexibility index (Phi) is 4.39. The fourth-order valence-corrected chi connectivity index (χ4v) is 1.86. The van der Waals surface area contributed by atoms with Crippen molar-refractivity contribution in [2.24, 2.45) is 11.1 Å². The predicted octanol–water partition coefficient (Wildman–Crippen LogP) is 2.71. The highest BCUT2D eigenvalue weighted by molar-refractivity contribution is 4.75. The SMILES string of the molecule is CC(C)(C)CCOC1CCCC(N)C1. The molecule has 0 aromatic rings. The zero-order valence-corrected chi connectivity index (χ0v) is 9.88. The third kappa shape index (κ3) is 4.97. The van der Waals surface area contributed by atoms with Gasteiger partial charge >= 0.3 is 0 Å². The van der Waals surface area contributed by atoms with Crippen LogP contribution in [0.1, 0.15) is 52.9 Å². The first-order valence-electron chi connectivity index (χ1n) is 5.84. The van der Waals surface area contributed by atoms with Crippen LogP contribution in [0.4, 0.5) is 0 Å². The van der Waals surface area contributed by atoms with Crippen LogP contribution in [-0.2, 0) is 4.74 Å². The molecule has 0 aromatic heterocycles. The number of nitrogens with two attached hydrogens (primary N) is 1. The maximum atomic E-state index is 5.90. The molecular formula is C12H25NO. The second-order valence-corrected chi connectivity index (χ2v) is 5.73. The molecular weight excluding hydrogens is 174 g/mol. The van der Waals surface area contributed by atoms with Crippen LogP contribution in [0.15, 0.2) is 0 Å². The maximum absolute atomic E-state index is 5.90. The lowest BCUT2D eigenvalue weighted by molar-refractivity contribution is 0.0116. The average Bonchev–Trinajstić information content (AvgIpc) is 2.01. The van der Waals surface area contributed by atoms with Gasteiger partial charge in [-0.15, -0.1) is 0 Å². The molecule has 0 bridgehead atoms. The highest BCUT2D eigenvalue weighted by Crippen LogP contribution is 2.22. The highest BCUT2D eigenvalue weighted by Gasteiger charge is 2.20. The van der Waals surface area contributed by atoms with E-state index in [0.29, 0.717) is 17.6 Å². The minimum absolute atomic E-state index is 0.378. The van der Waals surface area contributed by atoms with Crippen molar-refractivity contribution >= 4 is 0 Å². The molecule has 1 aliphatic rings. The van der Waals surface area contributed by atoms with Gasteiger partial charge in [-0.1, -0.05) is 20.8 Å². The van der Waals surface area contributed by atoms with Gasteiger partial charge in [0.1, 0.15) is 0 Å². The molecule has 14 heavy (non-hydrogen) atoms. The van der Waals surface area contributed by atoms with Crippen molar-refractivity contribution < 1.29 is 4.74 Å². The van der Waals surface area contributed by atoms with Crippen molar-refractivity contribution in [1.29, 1.82) is 0 Å². The van der Waals surface area contributed by atoms with Crippen molar-refractivity contribution in [1.82, 2.24) is 0 Å². The van der Waals surface area contributed by atoms with E-state index in [1.165, 1.54) is 19.3 Å². The fourth-order valence-electron chi connectivity index (χ4n) is 1.86. The molecule has 1 aliphatic carbocycles. The van der Waals surface area contributed by atoms with Crippen molar-refractivity contribution in [3.63, 3.8) is 0 Å². The van der Waals surface area contributed by atoms with Gasteiger partial charge in [-0.3, -0.25) is 0 Å². The van der Waals surface area contributed by atoms with Gasteiger partial charge in [-0.25, -0.2) is 0 Å². The van der Waals surface area contributed by atoms with Crippen LogP contribution >= 0.6 is 0 Å². The summed E-state index contributed by atoms with van der Waals surface area (Å²) in [5, 5.41) is 0. The van der Waals surface area contributed by atoms with Crippen molar-refractivity contribution in [2.45, 2.75) is 65.0 Å². The van der Waals surface area contributed by atoms with E-state index in [1.54, 1.807) is 0 Å². The topological polar surface area (TPSA) is 35.2 Å². The Hall–Kier alpha value is -0.0800. The van der Waals surface area contributed by atoms with Gasteiger partial charge in [-0.2, -0.15) is 0 Å². The molecule has 2 heteroatoms. The lowest BCUT2D eigenvalue weighted by atomic mass is 9.92. The van der Waals surface area contributed by atoms with Gasteiger partial charge in [0.25, 0.3) is 0 Å². The maximum Gasteiger partial charge on any atom is 0.0589 e. The van der Waals surface area contributed by atoms with Gasteiger partial charge in [0.05, 0.1) is 6.10 Å². The molecule has 1 rings (SSSR count).